The summed E-state index contributed by atoms with van der Waals surface area (Å²) in [5.41, 5.74) is 3.13. The molecule has 38 heavy (non-hydrogen) atoms. The lowest BCUT2D eigenvalue weighted by Gasteiger charge is -2.16. The van der Waals surface area contributed by atoms with Gasteiger partial charge in [-0.15, -0.1) is 10.2 Å². The third kappa shape index (κ3) is 4.00. The van der Waals surface area contributed by atoms with Crippen LogP contribution < -0.4 is 4.74 Å². The lowest BCUT2D eigenvalue weighted by molar-refractivity contribution is 0.203. The third-order valence-corrected chi connectivity index (χ3v) is 9.11. The molecule has 3 heterocycles. The van der Waals surface area contributed by atoms with E-state index in [1.165, 1.54) is 3.97 Å². The van der Waals surface area contributed by atoms with Gasteiger partial charge in [0, 0.05) is 12.1 Å². The second kappa shape index (κ2) is 9.26. The zero-order valence-electron chi connectivity index (χ0n) is 21.0. The smallest absolute Gasteiger partial charge is 0.269 e. The average Bonchev–Trinajstić information content (AvgIpc) is 3.65. The first-order valence-electron chi connectivity index (χ1n) is 12.6. The van der Waals surface area contributed by atoms with Crippen LogP contribution in [0.15, 0.2) is 71.9 Å². The van der Waals surface area contributed by atoms with Gasteiger partial charge < -0.3 is 4.74 Å². The summed E-state index contributed by atoms with van der Waals surface area (Å²) in [6.45, 7) is 4.08. The van der Waals surface area contributed by atoms with E-state index in [1.807, 2.05) is 23.5 Å². The van der Waals surface area contributed by atoms with E-state index in [-0.39, 0.29) is 16.9 Å². The molecule has 9 nitrogen and oxygen atoms in total. The predicted molar refractivity (Wildman–Crippen MR) is 141 cm³/mol. The lowest BCUT2D eigenvalue weighted by Crippen LogP contribution is -2.13. The summed E-state index contributed by atoms with van der Waals surface area (Å²) in [5, 5.41) is 18.0. The molecule has 0 amide bonds. The monoisotopic (exact) mass is 526 g/mol. The second-order valence-corrected chi connectivity index (χ2v) is 11.6. The van der Waals surface area contributed by atoms with E-state index in [0.29, 0.717) is 28.3 Å². The van der Waals surface area contributed by atoms with Gasteiger partial charge in [-0.3, -0.25) is 4.40 Å². The highest BCUT2D eigenvalue weighted by Gasteiger charge is 2.38. The van der Waals surface area contributed by atoms with Crippen molar-refractivity contribution in [1.29, 1.82) is 5.26 Å². The third-order valence-electron chi connectivity index (χ3n) is 7.43. The quantitative estimate of drug-likeness (QED) is 0.311. The number of aryl methyl sites for hydroxylation is 1. The topological polar surface area (TPSA) is 115 Å². The van der Waals surface area contributed by atoms with Crippen LogP contribution in [0.1, 0.15) is 49.1 Å². The Bertz CT molecular complexity index is 1780. The number of fused-ring (bicyclic) bond motifs is 3. The molecule has 0 aliphatic heterocycles. The van der Waals surface area contributed by atoms with Crippen molar-refractivity contribution in [1.82, 2.24) is 23.6 Å². The summed E-state index contributed by atoms with van der Waals surface area (Å²) in [6, 6.07) is 17.8. The van der Waals surface area contributed by atoms with Gasteiger partial charge >= 0.3 is 0 Å². The zero-order valence-corrected chi connectivity index (χ0v) is 21.8. The van der Waals surface area contributed by atoms with Crippen molar-refractivity contribution in [3.63, 3.8) is 0 Å². The molecular formula is C28H26N6O3S. The van der Waals surface area contributed by atoms with Crippen LogP contribution in [0.3, 0.4) is 0 Å². The highest BCUT2D eigenvalue weighted by molar-refractivity contribution is 7.90. The minimum atomic E-state index is -3.83. The Hall–Kier alpha value is -4.23. The van der Waals surface area contributed by atoms with Gasteiger partial charge in [0.25, 0.3) is 10.0 Å². The number of aromatic nitrogens is 5. The Morgan fingerprint density at radius 1 is 1.05 bits per heavy atom. The van der Waals surface area contributed by atoms with Gasteiger partial charge in [0.2, 0.25) is 0 Å². The number of nitrogens with zero attached hydrogens (tertiary/aromatic N) is 6. The van der Waals surface area contributed by atoms with E-state index >= 15 is 0 Å². The molecule has 0 N–H and O–H groups in total. The van der Waals surface area contributed by atoms with E-state index in [0.717, 1.165) is 36.4 Å². The molecule has 2 aromatic carbocycles. The first kappa shape index (κ1) is 24.1. The minimum absolute atomic E-state index is 0.00548. The molecular weight excluding hydrogens is 500 g/mol. The van der Waals surface area contributed by atoms with Gasteiger partial charge in [-0.05, 0) is 68.1 Å². The fourth-order valence-electron chi connectivity index (χ4n) is 5.45. The molecule has 0 spiro atoms. The number of rotatable bonds is 6. The number of benzene rings is 2. The van der Waals surface area contributed by atoms with Crippen molar-refractivity contribution in [3.05, 3.63) is 83.9 Å². The van der Waals surface area contributed by atoms with Crippen LogP contribution in [0, 0.1) is 24.2 Å². The summed E-state index contributed by atoms with van der Waals surface area (Å²) < 4.78 is 36.3. The first-order chi connectivity index (χ1) is 18.4. The molecule has 6 rings (SSSR count). The number of nitriles is 1. The van der Waals surface area contributed by atoms with Gasteiger partial charge in [0.05, 0.1) is 34.3 Å². The molecule has 1 fully saturated rings. The maximum Gasteiger partial charge on any atom is 0.269 e. The molecule has 1 aliphatic carbocycles. The highest BCUT2D eigenvalue weighted by Crippen LogP contribution is 2.43. The van der Waals surface area contributed by atoms with E-state index in [4.69, 9.17) is 10.00 Å². The Kier molecular flexibility index (Phi) is 5.88. The Morgan fingerprint density at radius 2 is 1.82 bits per heavy atom. The van der Waals surface area contributed by atoms with Gasteiger partial charge in [-0.25, -0.2) is 17.4 Å². The predicted octanol–water partition coefficient (Wildman–Crippen LogP) is 4.85. The summed E-state index contributed by atoms with van der Waals surface area (Å²) in [7, 11) is -3.83. The molecule has 5 aromatic rings. The van der Waals surface area contributed by atoms with Gasteiger partial charge in [0.15, 0.2) is 11.3 Å². The molecule has 0 saturated heterocycles. The molecule has 1 aliphatic rings. The number of ether oxygens (including phenoxy) is 1. The van der Waals surface area contributed by atoms with E-state index in [1.54, 1.807) is 54.9 Å². The van der Waals surface area contributed by atoms with Crippen molar-refractivity contribution in [3.8, 4) is 11.8 Å². The summed E-state index contributed by atoms with van der Waals surface area (Å²) in [6.07, 6.45) is 5.68. The standard InChI is InChI=1S/C28H26N6O3S/c1-3-20-14-22(37-21-8-6-19(16-29)7-9-21)15-24(20)27-32-31-26-17-30-28-25(34(26)27)12-13-33(28)38(35,36)23-10-4-18(2)5-11-23/h4-13,17,20,22,24H,3,14-15H2,1-2H3/t20-,22-,24?/m1/s1. The fraction of sp³-hybridized carbons (Fsp3) is 0.286. The largest absolute Gasteiger partial charge is 0.490 e. The van der Waals surface area contributed by atoms with Crippen LogP contribution in [0.4, 0.5) is 0 Å². The number of hydrogen-bond acceptors (Lipinski definition) is 7. The Morgan fingerprint density at radius 3 is 2.53 bits per heavy atom. The van der Waals surface area contributed by atoms with Crippen molar-refractivity contribution in [2.75, 3.05) is 0 Å². The number of hydrogen-bond donors (Lipinski definition) is 0. The van der Waals surface area contributed by atoms with Crippen molar-refractivity contribution >= 4 is 26.8 Å². The van der Waals surface area contributed by atoms with Crippen LogP contribution in [0.2, 0.25) is 0 Å². The highest BCUT2D eigenvalue weighted by atomic mass is 32.2. The normalized spacial score (nSPS) is 19.7. The van der Waals surface area contributed by atoms with E-state index in [2.05, 4.69) is 28.2 Å². The molecule has 0 bridgehead atoms. The molecule has 192 valence electrons. The molecule has 3 aromatic heterocycles. The van der Waals surface area contributed by atoms with Gasteiger partial charge in [0.1, 0.15) is 11.6 Å². The SMILES string of the molecule is CC[C@@H]1C[C@@H](Oc2ccc(C#N)cc2)CC1c1nnc2cnc3c(ccn3S(=O)(=O)c3ccc(C)cc3)n12. The molecule has 10 heteroatoms. The maximum absolute atomic E-state index is 13.4. The summed E-state index contributed by atoms with van der Waals surface area (Å²) in [4.78, 5) is 4.66. The molecule has 1 saturated carbocycles. The second-order valence-electron chi connectivity index (χ2n) is 9.77. The van der Waals surface area contributed by atoms with Gasteiger partial charge in [-0.1, -0.05) is 31.0 Å². The lowest BCUT2D eigenvalue weighted by atomic mass is 9.93. The summed E-state index contributed by atoms with van der Waals surface area (Å²) >= 11 is 0. The van der Waals surface area contributed by atoms with Crippen molar-refractivity contribution < 1.29 is 13.2 Å². The van der Waals surface area contributed by atoms with Crippen molar-refractivity contribution in [2.24, 2.45) is 5.92 Å². The molecule has 1 unspecified atom stereocenters. The Balaban J connectivity index is 1.37. The van der Waals surface area contributed by atoms with E-state index in [9.17, 15) is 8.42 Å². The zero-order chi connectivity index (χ0) is 26.4. The minimum Gasteiger partial charge on any atom is -0.490 e. The van der Waals surface area contributed by atoms with Crippen LogP contribution in [0.5, 0.6) is 5.75 Å². The van der Waals surface area contributed by atoms with Crippen LogP contribution >= 0.6 is 0 Å². The molecule has 3 atom stereocenters. The average molecular weight is 527 g/mol. The Labute approximate surface area is 220 Å². The van der Waals surface area contributed by atoms with Crippen molar-refractivity contribution in [2.45, 2.75) is 50.0 Å². The van der Waals surface area contributed by atoms with Crippen LogP contribution in [0.25, 0.3) is 16.8 Å². The summed E-state index contributed by atoms with van der Waals surface area (Å²) in [5.74, 6) is 1.93. The first-order valence-corrected chi connectivity index (χ1v) is 14.0. The van der Waals surface area contributed by atoms with Crippen LogP contribution in [-0.2, 0) is 10.0 Å². The van der Waals surface area contributed by atoms with Crippen LogP contribution in [-0.4, -0.2) is 38.1 Å². The fourth-order valence-corrected chi connectivity index (χ4v) is 6.74. The van der Waals surface area contributed by atoms with Gasteiger partial charge in [-0.2, -0.15) is 5.26 Å². The maximum atomic E-state index is 13.4. The van der Waals surface area contributed by atoms with E-state index < -0.39 is 10.0 Å². The molecule has 0 radical (unpaired) electrons.